The van der Waals surface area contributed by atoms with Crippen LogP contribution in [-0.2, 0) is 10.5 Å². The van der Waals surface area contributed by atoms with Crippen LogP contribution in [0.15, 0.2) is 0 Å². The Morgan fingerprint density at radius 2 is 1.53 bits per heavy atom. The summed E-state index contributed by atoms with van der Waals surface area (Å²) in [5.41, 5.74) is -3.87. The third kappa shape index (κ3) is 3.84. The maximum Gasteiger partial charge on any atom is 0.414 e. The van der Waals surface area contributed by atoms with Crippen LogP contribution < -0.4 is 9.62 Å². The number of carbonyl (C=O) groups excluding carboxylic acids is 1. The van der Waals surface area contributed by atoms with E-state index in [0.29, 0.717) is 6.42 Å². The summed E-state index contributed by atoms with van der Waals surface area (Å²) in [6, 6.07) is 0. The van der Waals surface area contributed by atoms with Gasteiger partial charge in [0.25, 0.3) is 0 Å². The van der Waals surface area contributed by atoms with E-state index < -0.39 is 86.7 Å². The van der Waals surface area contributed by atoms with Crippen LogP contribution in [0.2, 0.25) is 0 Å². The molecule has 0 aromatic heterocycles. The van der Waals surface area contributed by atoms with Crippen LogP contribution in [0.1, 0.15) is 43.1 Å². The molecule has 4 nitrogen and oxygen atoms in total. The lowest BCUT2D eigenvalue weighted by Crippen LogP contribution is -2.39. The Kier molecular flexibility index (Phi) is 6.82. The number of hydrogen-bond acceptors (Lipinski definition) is 4. The van der Waals surface area contributed by atoms with E-state index in [2.05, 4.69) is 4.72 Å². The summed E-state index contributed by atoms with van der Waals surface area (Å²) in [5.74, 6) is -11.8. The molecule has 0 radical (unpaired) electrons. The van der Waals surface area contributed by atoms with E-state index in [1.165, 1.54) is 6.92 Å². The number of fused-ring (bicyclic) bond motifs is 1. The lowest BCUT2D eigenvalue weighted by Gasteiger charge is -2.33. The Labute approximate surface area is 182 Å². The maximum absolute atomic E-state index is 15.1. The first-order valence-electron chi connectivity index (χ1n) is 9.40. The van der Waals surface area contributed by atoms with E-state index in [1.54, 1.807) is 6.92 Å². The molecule has 1 unspecified atom stereocenters. The van der Waals surface area contributed by atoms with E-state index in [1.807, 2.05) is 0 Å². The lowest BCUT2D eigenvalue weighted by atomic mass is 10.0. The average Bonchev–Trinajstić information content (AvgIpc) is 2.75. The summed E-state index contributed by atoms with van der Waals surface area (Å²) in [6.45, 7) is 3.72. The molecule has 12 heteroatoms. The van der Waals surface area contributed by atoms with Gasteiger partial charge >= 0.3 is 6.09 Å². The Balaban J connectivity index is 1.96. The van der Waals surface area contributed by atoms with Gasteiger partial charge in [-0.1, -0.05) is 6.92 Å². The second-order valence-corrected chi connectivity index (χ2v) is 7.79. The summed E-state index contributed by atoms with van der Waals surface area (Å²) in [6.07, 6.45) is -1.86. The number of hydrogen-bond donors (Lipinski definition) is 1. The first-order valence-corrected chi connectivity index (χ1v) is 10.4. The van der Waals surface area contributed by atoms with Crippen LogP contribution in [-0.4, -0.2) is 12.6 Å². The minimum absolute atomic E-state index is 0.0566. The molecule has 0 fully saturated rings. The molecule has 3 rings (SSSR count). The van der Waals surface area contributed by atoms with Gasteiger partial charge in [0.2, 0.25) is 0 Å². The monoisotopic (exact) mass is 482 g/mol. The van der Waals surface area contributed by atoms with E-state index in [4.69, 9.17) is 4.74 Å². The Morgan fingerprint density at radius 3 is 2.09 bits per heavy atom. The Bertz CT molecular complexity index is 1070. The molecule has 32 heavy (non-hydrogen) atoms. The number of benzene rings is 2. The smallest absolute Gasteiger partial charge is 0.414 e. The first kappa shape index (κ1) is 24.0. The second-order valence-electron chi connectivity index (χ2n) is 7.01. The van der Waals surface area contributed by atoms with E-state index in [-0.39, 0.29) is 18.5 Å². The molecule has 2 aromatic rings. The highest BCUT2D eigenvalue weighted by Gasteiger charge is 2.39. The molecule has 1 heterocycles. The number of rotatable bonds is 6. The van der Waals surface area contributed by atoms with Gasteiger partial charge in [-0.05, 0) is 32.2 Å². The van der Waals surface area contributed by atoms with Crippen molar-refractivity contribution in [1.29, 1.82) is 0 Å². The number of cyclic esters (lactones) is 1. The molecule has 0 aliphatic carbocycles. The topological polar surface area (TPSA) is 41.6 Å². The van der Waals surface area contributed by atoms with Crippen molar-refractivity contribution in [2.75, 3.05) is 16.2 Å². The van der Waals surface area contributed by atoms with E-state index >= 15 is 4.39 Å². The van der Waals surface area contributed by atoms with Crippen molar-refractivity contribution in [3.8, 4) is 0 Å². The van der Waals surface area contributed by atoms with Crippen molar-refractivity contribution in [2.24, 2.45) is 0 Å². The predicted octanol–water partition coefficient (Wildman–Crippen LogP) is 6.66. The zero-order valence-corrected chi connectivity index (χ0v) is 17.8. The molecule has 1 N–H and O–H groups in total. The number of halogens is 7. The Hall–Kier alpha value is -2.63. The number of amides is 1. The highest BCUT2D eigenvalue weighted by molar-refractivity contribution is 7.99. The largest absolute Gasteiger partial charge is 0.441 e. The predicted molar refractivity (Wildman–Crippen MR) is 105 cm³/mol. The Morgan fingerprint density at radius 1 is 0.938 bits per heavy atom. The molecule has 174 valence electrons. The number of nitrogens with zero attached hydrogens (tertiary/aromatic N) is 1. The van der Waals surface area contributed by atoms with E-state index in [9.17, 15) is 31.1 Å². The van der Waals surface area contributed by atoms with Gasteiger partial charge in [-0.25, -0.2) is 35.5 Å². The lowest BCUT2D eigenvalue weighted by molar-refractivity contribution is 0.105. The van der Waals surface area contributed by atoms with Crippen molar-refractivity contribution in [2.45, 2.75) is 39.0 Å². The third-order valence-electron chi connectivity index (χ3n) is 4.92. The average molecular weight is 482 g/mol. The van der Waals surface area contributed by atoms with Gasteiger partial charge in [-0.3, -0.25) is 4.90 Å². The summed E-state index contributed by atoms with van der Waals surface area (Å²) < 4.78 is 107. The molecular weight excluding hydrogens is 465 g/mol. The minimum Gasteiger partial charge on any atom is -0.441 e. The molecule has 1 aliphatic heterocycles. The second kappa shape index (κ2) is 9.08. The van der Waals surface area contributed by atoms with Crippen molar-refractivity contribution in [3.63, 3.8) is 0 Å². The molecule has 1 amide bonds. The zero-order chi connectivity index (χ0) is 23.9. The van der Waals surface area contributed by atoms with Gasteiger partial charge < -0.3 is 9.46 Å². The van der Waals surface area contributed by atoms with Gasteiger partial charge in [0.15, 0.2) is 40.7 Å². The summed E-state index contributed by atoms with van der Waals surface area (Å²) >= 11 is 0.280. The van der Waals surface area contributed by atoms with Gasteiger partial charge in [0.1, 0.15) is 11.8 Å². The number of carbonyl (C=O) groups is 1. The van der Waals surface area contributed by atoms with Crippen molar-refractivity contribution in [1.82, 2.24) is 0 Å². The van der Waals surface area contributed by atoms with Gasteiger partial charge in [-0.15, -0.1) is 0 Å². The highest BCUT2D eigenvalue weighted by atomic mass is 32.2. The van der Waals surface area contributed by atoms with Crippen molar-refractivity contribution in [3.05, 3.63) is 57.4 Å². The quantitative estimate of drug-likeness (QED) is 0.284. The summed E-state index contributed by atoms with van der Waals surface area (Å²) in [4.78, 5) is 12.8. The number of nitrogens with one attached hydrogen (secondary N) is 1. The number of anilines is 2. The fourth-order valence-electron chi connectivity index (χ4n) is 3.28. The molecule has 2 aromatic carbocycles. The van der Waals surface area contributed by atoms with E-state index in [0.717, 1.165) is 11.8 Å². The minimum atomic E-state index is -1.68. The molecule has 0 saturated heterocycles. The fraction of sp³-hybridized carbons (Fsp3) is 0.350. The zero-order valence-electron chi connectivity index (χ0n) is 17.0. The van der Waals surface area contributed by atoms with Crippen molar-refractivity contribution >= 4 is 29.4 Å². The first-order chi connectivity index (χ1) is 15.0. The van der Waals surface area contributed by atoms with Crippen LogP contribution in [0.5, 0.6) is 0 Å². The van der Waals surface area contributed by atoms with Crippen LogP contribution in [0, 0.1) is 47.6 Å². The van der Waals surface area contributed by atoms with Gasteiger partial charge in [0, 0.05) is 23.4 Å². The molecule has 0 spiro atoms. The van der Waals surface area contributed by atoms with Gasteiger partial charge in [0.05, 0.1) is 11.3 Å². The molecule has 1 aliphatic rings. The third-order valence-corrected chi connectivity index (χ3v) is 5.70. The summed E-state index contributed by atoms with van der Waals surface area (Å²) in [5, 5.41) is 0. The molecule has 1 atom stereocenters. The summed E-state index contributed by atoms with van der Waals surface area (Å²) in [7, 11) is 0. The molecule has 0 bridgehead atoms. The van der Waals surface area contributed by atoms with Crippen LogP contribution in [0.3, 0.4) is 0 Å². The maximum atomic E-state index is 15.1. The normalized spacial score (nSPS) is 15.6. The SMILES string of the molecule is CCCN1C(=O)OC(C)c2c(F)c(NSCc3c(F)c(F)c(C)c(F)c3F)c(F)c(F)c21. The molecule has 0 saturated carbocycles. The standard InChI is InChI=1S/C20H17F7N2O2S/c1-4-5-29-19-10(8(3)31-20(29)30)15(25)18(16(26)17(19)27)28-32-6-9-13(23)11(21)7(2)12(22)14(9)24/h8,28H,4-6H2,1-3H3. The fourth-order valence-corrected chi connectivity index (χ4v) is 4.07. The highest BCUT2D eigenvalue weighted by Crippen LogP contribution is 2.43. The number of ether oxygens (including phenoxy) is 1. The van der Waals surface area contributed by atoms with Crippen molar-refractivity contribution < 1.29 is 40.3 Å². The van der Waals surface area contributed by atoms with Crippen LogP contribution >= 0.6 is 11.9 Å². The van der Waals surface area contributed by atoms with Gasteiger partial charge in [-0.2, -0.15) is 0 Å². The molecular formula is C20H17F7N2O2S. The van der Waals surface area contributed by atoms with Crippen LogP contribution in [0.4, 0.5) is 46.9 Å². The van der Waals surface area contributed by atoms with Crippen LogP contribution in [0.25, 0.3) is 0 Å².